The number of hydrogen-bond acceptors (Lipinski definition) is 8. The van der Waals surface area contributed by atoms with E-state index in [2.05, 4.69) is 15.0 Å². The highest BCUT2D eigenvalue weighted by Gasteiger charge is 2.31. The quantitative estimate of drug-likeness (QED) is 0.269. The van der Waals surface area contributed by atoms with E-state index in [9.17, 15) is 31.9 Å². The van der Waals surface area contributed by atoms with Crippen LogP contribution in [-0.4, -0.2) is 36.1 Å². The van der Waals surface area contributed by atoms with Crippen LogP contribution in [0, 0.1) is 17.6 Å². The van der Waals surface area contributed by atoms with Crippen molar-refractivity contribution < 1.29 is 50.6 Å². The molecule has 1 aliphatic rings. The van der Waals surface area contributed by atoms with Gasteiger partial charge < -0.3 is 35.4 Å². The molecule has 0 saturated heterocycles. The summed E-state index contributed by atoms with van der Waals surface area (Å²) >= 11 is 0. The Bertz CT molecular complexity index is 1460. The van der Waals surface area contributed by atoms with Crippen LogP contribution in [0.3, 0.4) is 0 Å². The van der Waals surface area contributed by atoms with Crippen LogP contribution in [0.4, 0.5) is 22.4 Å². The molecule has 0 spiro atoms. The largest absolute Gasteiger partial charge is 0.489 e. The minimum Gasteiger partial charge on any atom is -0.489 e. The monoisotopic (exact) mass is 580 g/mol. The second-order valence-corrected chi connectivity index (χ2v) is 9.08. The van der Waals surface area contributed by atoms with Gasteiger partial charge in [-0.3, -0.25) is 9.59 Å². The Morgan fingerprint density at radius 1 is 1.10 bits per heavy atom. The number of carbonyl (C=O) groups excluding carboxylic acids is 3. The van der Waals surface area contributed by atoms with Crippen LogP contribution in [-0.2, 0) is 9.53 Å². The van der Waals surface area contributed by atoms with Gasteiger partial charge in [0.1, 0.15) is 17.7 Å². The molecule has 1 heterocycles. The minimum atomic E-state index is -3.12. The van der Waals surface area contributed by atoms with E-state index in [1.165, 1.54) is 25.1 Å². The van der Waals surface area contributed by atoms with Crippen LogP contribution < -0.4 is 26.3 Å². The standard InChI is InChI=1S/C26H24F4N4O7/c1-11(39-26(32)37)21-20(23(36)33-19(22(31)35)15-6-5-14(27)9-16(15)28)34-24(41-21)13-4-7-17(40-25(29)30)18(8-13)38-10-12-2-3-12/h4-9,11-12,19,25H,2-3,10H2,1H3,(H2,31,35)(H2,32,37)(H,33,36). The Morgan fingerprint density at radius 3 is 2.44 bits per heavy atom. The van der Waals surface area contributed by atoms with E-state index < -0.39 is 59.6 Å². The predicted octanol–water partition coefficient (Wildman–Crippen LogP) is 4.12. The first-order valence-corrected chi connectivity index (χ1v) is 12.2. The van der Waals surface area contributed by atoms with E-state index in [1.54, 1.807) is 0 Å². The first-order chi connectivity index (χ1) is 19.4. The molecule has 0 bridgehead atoms. The minimum absolute atomic E-state index is 0.0394. The van der Waals surface area contributed by atoms with Crippen molar-refractivity contribution in [2.75, 3.05) is 6.61 Å². The fraction of sp³-hybridized carbons (Fsp3) is 0.308. The third-order valence-corrected chi connectivity index (χ3v) is 5.94. The summed E-state index contributed by atoms with van der Waals surface area (Å²) in [5, 5.41) is 2.21. The van der Waals surface area contributed by atoms with Gasteiger partial charge >= 0.3 is 12.7 Å². The van der Waals surface area contributed by atoms with Crippen LogP contribution >= 0.6 is 0 Å². The third-order valence-electron chi connectivity index (χ3n) is 5.94. The number of ether oxygens (including phenoxy) is 3. The predicted molar refractivity (Wildman–Crippen MR) is 132 cm³/mol. The average molecular weight is 580 g/mol. The fourth-order valence-corrected chi connectivity index (χ4v) is 3.80. The van der Waals surface area contributed by atoms with Crippen molar-refractivity contribution in [3.05, 3.63) is 65.1 Å². The molecule has 3 aromatic rings. The molecule has 1 saturated carbocycles. The van der Waals surface area contributed by atoms with Crippen LogP contribution in [0.25, 0.3) is 11.5 Å². The zero-order chi connectivity index (χ0) is 29.8. The van der Waals surface area contributed by atoms with Crippen molar-refractivity contribution >= 4 is 17.9 Å². The fourth-order valence-electron chi connectivity index (χ4n) is 3.80. The molecular weight excluding hydrogens is 556 g/mol. The molecule has 2 unspecified atom stereocenters. The van der Waals surface area contributed by atoms with Crippen molar-refractivity contribution in [3.8, 4) is 23.0 Å². The third kappa shape index (κ3) is 7.23. The van der Waals surface area contributed by atoms with Gasteiger partial charge in [0.15, 0.2) is 29.1 Å². The van der Waals surface area contributed by atoms with E-state index in [4.69, 9.17) is 25.4 Å². The van der Waals surface area contributed by atoms with Crippen LogP contribution in [0.1, 0.15) is 53.7 Å². The molecule has 3 amide bonds. The lowest BCUT2D eigenvalue weighted by molar-refractivity contribution is -0.120. The Kier molecular flexibility index (Phi) is 8.64. The Hall–Kier alpha value is -4.82. The van der Waals surface area contributed by atoms with Gasteiger partial charge in [0.2, 0.25) is 11.8 Å². The smallest absolute Gasteiger partial charge is 0.405 e. The number of carbonyl (C=O) groups is 3. The van der Waals surface area contributed by atoms with E-state index in [-0.39, 0.29) is 41.2 Å². The molecule has 41 heavy (non-hydrogen) atoms. The van der Waals surface area contributed by atoms with Crippen molar-refractivity contribution in [2.45, 2.75) is 38.5 Å². The highest BCUT2D eigenvalue weighted by atomic mass is 19.3. The topological polar surface area (TPSA) is 169 Å². The van der Waals surface area contributed by atoms with Gasteiger partial charge in [-0.1, -0.05) is 6.07 Å². The first-order valence-electron chi connectivity index (χ1n) is 12.2. The van der Waals surface area contributed by atoms with Gasteiger partial charge in [-0.25, -0.2) is 18.6 Å². The number of nitrogens with zero attached hydrogens (tertiary/aromatic N) is 1. The van der Waals surface area contributed by atoms with Crippen molar-refractivity contribution in [1.82, 2.24) is 10.3 Å². The zero-order valence-corrected chi connectivity index (χ0v) is 21.4. The van der Waals surface area contributed by atoms with E-state index in [0.717, 1.165) is 25.0 Å². The number of nitrogens with one attached hydrogen (secondary N) is 1. The number of rotatable bonds is 12. The number of aromatic nitrogens is 1. The molecular formula is C26H24F4N4O7. The number of alkyl halides is 2. The maximum absolute atomic E-state index is 14.4. The second kappa shape index (κ2) is 12.1. The van der Waals surface area contributed by atoms with Crippen LogP contribution in [0.2, 0.25) is 0 Å². The van der Waals surface area contributed by atoms with Crippen LogP contribution in [0.15, 0.2) is 40.8 Å². The van der Waals surface area contributed by atoms with E-state index in [0.29, 0.717) is 6.07 Å². The van der Waals surface area contributed by atoms with Crippen molar-refractivity contribution in [1.29, 1.82) is 0 Å². The summed E-state index contributed by atoms with van der Waals surface area (Å²) < 4.78 is 74.4. The number of primary amides is 2. The van der Waals surface area contributed by atoms with Gasteiger partial charge in [-0.2, -0.15) is 8.78 Å². The lowest BCUT2D eigenvalue weighted by Gasteiger charge is -2.17. The molecule has 1 aliphatic carbocycles. The summed E-state index contributed by atoms with van der Waals surface area (Å²) in [6.07, 6.45) is -0.637. The molecule has 2 atom stereocenters. The van der Waals surface area contributed by atoms with Crippen molar-refractivity contribution in [2.24, 2.45) is 17.4 Å². The molecule has 5 N–H and O–H groups in total. The molecule has 15 heteroatoms. The maximum atomic E-state index is 14.4. The molecule has 1 fully saturated rings. The van der Waals surface area contributed by atoms with Gasteiger partial charge in [-0.15, -0.1) is 0 Å². The summed E-state index contributed by atoms with van der Waals surface area (Å²) in [7, 11) is 0. The lowest BCUT2D eigenvalue weighted by atomic mass is 10.0. The van der Waals surface area contributed by atoms with E-state index >= 15 is 0 Å². The number of hydrogen-bond donors (Lipinski definition) is 3. The molecule has 4 rings (SSSR count). The SMILES string of the molecule is CC(OC(N)=O)c1oc(-c2ccc(OC(F)F)c(OCC3CC3)c2)nc1C(=O)NC(C(N)=O)c1ccc(F)cc1F. The summed E-state index contributed by atoms with van der Waals surface area (Å²) in [4.78, 5) is 40.9. The first kappa shape index (κ1) is 29.2. The number of nitrogens with two attached hydrogens (primary N) is 2. The maximum Gasteiger partial charge on any atom is 0.405 e. The zero-order valence-electron chi connectivity index (χ0n) is 21.4. The average Bonchev–Trinajstić information content (AvgIpc) is 3.61. The number of oxazole rings is 1. The molecule has 2 aromatic carbocycles. The molecule has 0 aliphatic heterocycles. The lowest BCUT2D eigenvalue weighted by Crippen LogP contribution is -2.38. The van der Waals surface area contributed by atoms with Gasteiger partial charge in [0.25, 0.3) is 5.91 Å². The van der Waals surface area contributed by atoms with Crippen molar-refractivity contribution in [3.63, 3.8) is 0 Å². The van der Waals surface area contributed by atoms with Gasteiger partial charge in [-0.05, 0) is 49.9 Å². The summed E-state index contributed by atoms with van der Waals surface area (Å²) in [6.45, 7) is -1.56. The normalized spacial score (nSPS) is 14.3. The van der Waals surface area contributed by atoms with Gasteiger partial charge in [0, 0.05) is 17.2 Å². The molecule has 11 nitrogen and oxygen atoms in total. The Labute approximate surface area is 229 Å². The van der Waals surface area contributed by atoms with Gasteiger partial charge in [0.05, 0.1) is 6.61 Å². The number of amides is 3. The molecule has 0 radical (unpaired) electrons. The summed E-state index contributed by atoms with van der Waals surface area (Å²) in [5.74, 6) is -4.93. The van der Waals surface area contributed by atoms with Crippen LogP contribution in [0.5, 0.6) is 11.5 Å². The number of benzene rings is 2. The number of halogens is 4. The molecule has 218 valence electrons. The summed E-state index contributed by atoms with van der Waals surface area (Å²) in [5.41, 5.74) is 9.67. The summed E-state index contributed by atoms with van der Waals surface area (Å²) in [6, 6.07) is 4.35. The Morgan fingerprint density at radius 2 is 1.83 bits per heavy atom. The Balaban J connectivity index is 1.71. The van der Waals surface area contributed by atoms with E-state index in [1.807, 2.05) is 0 Å². The molecule has 1 aromatic heterocycles. The highest BCUT2D eigenvalue weighted by Crippen LogP contribution is 2.37. The second-order valence-electron chi connectivity index (χ2n) is 9.08. The highest BCUT2D eigenvalue weighted by molar-refractivity contribution is 5.97.